The van der Waals surface area contributed by atoms with Crippen LogP contribution in [-0.4, -0.2) is 53.0 Å². The highest BCUT2D eigenvalue weighted by Crippen LogP contribution is 2.24. The number of piperazine rings is 1. The van der Waals surface area contributed by atoms with E-state index in [1.807, 2.05) is 44.2 Å². The van der Waals surface area contributed by atoms with Crippen molar-refractivity contribution in [2.24, 2.45) is 0 Å². The van der Waals surface area contributed by atoms with Crippen molar-refractivity contribution in [2.75, 3.05) is 31.6 Å². The van der Waals surface area contributed by atoms with Crippen molar-refractivity contribution in [2.45, 2.75) is 19.9 Å². The van der Waals surface area contributed by atoms with Crippen LogP contribution < -0.4 is 9.64 Å². The summed E-state index contributed by atoms with van der Waals surface area (Å²) in [4.78, 5) is 21.2. The molecule has 1 aromatic carbocycles. The van der Waals surface area contributed by atoms with E-state index in [2.05, 4.69) is 9.88 Å². The molecule has 6 nitrogen and oxygen atoms in total. The molecule has 0 spiro atoms. The molecule has 146 valence electrons. The first-order valence-corrected chi connectivity index (χ1v) is 9.32. The van der Waals surface area contributed by atoms with Crippen molar-refractivity contribution in [3.05, 3.63) is 59.8 Å². The molecule has 1 amide bonds. The van der Waals surface area contributed by atoms with E-state index in [0.29, 0.717) is 25.3 Å². The molecule has 1 unspecified atom stereocenters. The number of amides is 1. The number of rotatable bonds is 3. The van der Waals surface area contributed by atoms with Crippen LogP contribution in [0.2, 0.25) is 0 Å². The smallest absolute Gasteiger partial charge is 0.277 e. The number of imidazole rings is 1. The third kappa shape index (κ3) is 3.06. The van der Waals surface area contributed by atoms with Crippen LogP contribution in [0.1, 0.15) is 23.0 Å². The predicted octanol–water partition coefficient (Wildman–Crippen LogP) is 3.14. The van der Waals surface area contributed by atoms with Crippen molar-refractivity contribution in [3.8, 4) is 5.75 Å². The second-order valence-electron chi connectivity index (χ2n) is 7.13. The second kappa shape index (κ2) is 7.14. The van der Waals surface area contributed by atoms with Gasteiger partial charge in [-0.2, -0.15) is 4.39 Å². The minimum atomic E-state index is -0.603. The maximum absolute atomic E-state index is 14.8. The van der Waals surface area contributed by atoms with Gasteiger partial charge in [-0.1, -0.05) is 6.07 Å². The van der Waals surface area contributed by atoms with Crippen LogP contribution in [0.15, 0.2) is 42.6 Å². The third-order valence-electron chi connectivity index (χ3n) is 5.32. The van der Waals surface area contributed by atoms with Crippen LogP contribution in [0, 0.1) is 12.9 Å². The Kier molecular flexibility index (Phi) is 4.66. The van der Waals surface area contributed by atoms with E-state index in [0.717, 1.165) is 17.0 Å². The average molecular weight is 382 g/mol. The second-order valence-corrected chi connectivity index (χ2v) is 7.13. The van der Waals surface area contributed by atoms with Gasteiger partial charge in [0.15, 0.2) is 5.69 Å². The summed E-state index contributed by atoms with van der Waals surface area (Å²) in [5, 5.41) is 0. The zero-order valence-electron chi connectivity index (χ0n) is 16.2. The summed E-state index contributed by atoms with van der Waals surface area (Å²) in [7, 11) is 1.64. The molecule has 0 aliphatic carbocycles. The molecular weight excluding hydrogens is 359 g/mol. The molecule has 0 saturated carbocycles. The summed E-state index contributed by atoms with van der Waals surface area (Å²) in [6.45, 7) is 5.69. The zero-order valence-corrected chi connectivity index (χ0v) is 16.2. The van der Waals surface area contributed by atoms with Crippen LogP contribution in [0.4, 0.5) is 10.1 Å². The Morgan fingerprint density at radius 3 is 2.61 bits per heavy atom. The van der Waals surface area contributed by atoms with Crippen molar-refractivity contribution in [1.29, 1.82) is 0 Å². The van der Waals surface area contributed by atoms with E-state index in [-0.39, 0.29) is 17.6 Å². The Morgan fingerprint density at radius 1 is 1.21 bits per heavy atom. The number of nitrogens with zero attached hydrogens (tertiary/aromatic N) is 4. The highest BCUT2D eigenvalue weighted by Gasteiger charge is 2.32. The zero-order chi connectivity index (χ0) is 19.8. The molecule has 0 N–H and O–H groups in total. The first-order chi connectivity index (χ1) is 13.5. The topological polar surface area (TPSA) is 50.1 Å². The number of carbonyl (C=O) groups is 1. The Labute approximate surface area is 163 Å². The molecule has 3 aromatic rings. The first-order valence-electron chi connectivity index (χ1n) is 9.32. The fourth-order valence-electron chi connectivity index (χ4n) is 3.73. The molecule has 1 aliphatic rings. The average Bonchev–Trinajstić information content (AvgIpc) is 3.05. The summed E-state index contributed by atoms with van der Waals surface area (Å²) in [5.74, 6) is -0.154. The van der Waals surface area contributed by atoms with Crippen LogP contribution in [-0.2, 0) is 0 Å². The number of carbonyl (C=O) groups excluding carboxylic acids is 1. The summed E-state index contributed by atoms with van der Waals surface area (Å²) in [6.07, 6.45) is 1.59. The van der Waals surface area contributed by atoms with Gasteiger partial charge in [0.2, 0.25) is 5.95 Å². The molecule has 1 fully saturated rings. The summed E-state index contributed by atoms with van der Waals surface area (Å²) in [5.41, 5.74) is 2.28. The number of aromatic nitrogens is 2. The molecule has 0 bridgehead atoms. The SMILES string of the molecule is COc1ccc(N2CCN(C(=O)c3nc4c(C)cccn4c3F)C(C)C2)cc1. The largest absolute Gasteiger partial charge is 0.497 e. The van der Waals surface area contributed by atoms with Crippen molar-refractivity contribution in [1.82, 2.24) is 14.3 Å². The molecule has 7 heteroatoms. The van der Waals surface area contributed by atoms with Crippen molar-refractivity contribution >= 4 is 17.2 Å². The van der Waals surface area contributed by atoms with Gasteiger partial charge < -0.3 is 14.5 Å². The Morgan fingerprint density at radius 2 is 1.96 bits per heavy atom. The number of anilines is 1. The highest BCUT2D eigenvalue weighted by molar-refractivity contribution is 5.93. The van der Waals surface area contributed by atoms with E-state index in [1.54, 1.807) is 24.3 Å². The predicted molar refractivity (Wildman–Crippen MR) is 106 cm³/mol. The van der Waals surface area contributed by atoms with Gasteiger partial charge in [0.25, 0.3) is 5.91 Å². The van der Waals surface area contributed by atoms with Gasteiger partial charge in [0.05, 0.1) is 7.11 Å². The van der Waals surface area contributed by atoms with Crippen LogP contribution in [0.25, 0.3) is 5.65 Å². The number of pyridine rings is 1. The maximum Gasteiger partial charge on any atom is 0.277 e. The summed E-state index contributed by atoms with van der Waals surface area (Å²) in [6, 6.07) is 11.4. The quantitative estimate of drug-likeness (QED) is 0.698. The molecule has 3 heterocycles. The lowest BCUT2D eigenvalue weighted by Crippen LogP contribution is -2.54. The first kappa shape index (κ1) is 18.3. The van der Waals surface area contributed by atoms with E-state index >= 15 is 0 Å². The van der Waals surface area contributed by atoms with E-state index < -0.39 is 5.95 Å². The van der Waals surface area contributed by atoms with Gasteiger partial charge in [-0.25, -0.2) is 4.98 Å². The maximum atomic E-state index is 14.8. The van der Waals surface area contributed by atoms with Gasteiger partial charge in [0.1, 0.15) is 11.4 Å². The van der Waals surface area contributed by atoms with Gasteiger partial charge in [-0.3, -0.25) is 9.20 Å². The fourth-order valence-corrected chi connectivity index (χ4v) is 3.73. The summed E-state index contributed by atoms with van der Waals surface area (Å²) >= 11 is 0. The van der Waals surface area contributed by atoms with E-state index in [9.17, 15) is 9.18 Å². The fraction of sp³-hybridized carbons (Fsp3) is 0.333. The lowest BCUT2D eigenvalue weighted by molar-refractivity contribution is 0.0663. The number of ether oxygens (including phenoxy) is 1. The Hall–Kier alpha value is -3.09. The molecular formula is C21H23FN4O2. The number of benzene rings is 1. The van der Waals surface area contributed by atoms with Gasteiger partial charge >= 0.3 is 0 Å². The normalized spacial score (nSPS) is 17.2. The Balaban J connectivity index is 1.54. The van der Waals surface area contributed by atoms with Crippen molar-refractivity contribution < 1.29 is 13.9 Å². The number of halogens is 1. The molecule has 0 radical (unpaired) electrons. The number of hydrogen-bond donors (Lipinski definition) is 0. The monoisotopic (exact) mass is 382 g/mol. The highest BCUT2D eigenvalue weighted by atomic mass is 19.1. The van der Waals surface area contributed by atoms with E-state index in [1.165, 1.54) is 4.40 Å². The van der Waals surface area contributed by atoms with Crippen LogP contribution >= 0.6 is 0 Å². The minimum Gasteiger partial charge on any atom is -0.497 e. The standard InChI is InChI=1S/C21H23FN4O2/c1-14-5-4-10-26-19(22)18(23-20(14)26)21(27)25-12-11-24(13-15(25)2)16-6-8-17(28-3)9-7-16/h4-10,15H,11-13H2,1-3H3. The lowest BCUT2D eigenvalue weighted by Gasteiger charge is -2.40. The molecule has 1 aliphatic heterocycles. The number of aryl methyl sites for hydroxylation is 1. The Bertz CT molecular complexity index is 1020. The van der Waals surface area contributed by atoms with Crippen molar-refractivity contribution in [3.63, 3.8) is 0 Å². The van der Waals surface area contributed by atoms with Gasteiger partial charge in [-0.15, -0.1) is 0 Å². The van der Waals surface area contributed by atoms with Crippen LogP contribution in [0.3, 0.4) is 0 Å². The van der Waals surface area contributed by atoms with Crippen LogP contribution in [0.5, 0.6) is 5.75 Å². The number of fused-ring (bicyclic) bond motifs is 1. The third-order valence-corrected chi connectivity index (χ3v) is 5.32. The lowest BCUT2D eigenvalue weighted by atomic mass is 10.1. The molecule has 28 heavy (non-hydrogen) atoms. The number of methoxy groups -OCH3 is 1. The summed E-state index contributed by atoms with van der Waals surface area (Å²) < 4.78 is 21.3. The molecule has 4 rings (SSSR count). The minimum absolute atomic E-state index is 0.0614. The molecule has 1 atom stereocenters. The molecule has 2 aromatic heterocycles. The molecule has 1 saturated heterocycles. The number of hydrogen-bond acceptors (Lipinski definition) is 4. The van der Waals surface area contributed by atoms with E-state index in [4.69, 9.17) is 4.74 Å². The van der Waals surface area contributed by atoms with Gasteiger partial charge in [0, 0.05) is 37.6 Å². The van der Waals surface area contributed by atoms with Gasteiger partial charge in [-0.05, 0) is 49.7 Å².